The molecular formula is C22H26ClN3O2S. The molecule has 1 unspecified atom stereocenters. The van der Waals surface area contributed by atoms with Crippen molar-refractivity contribution in [3.05, 3.63) is 59.1 Å². The predicted molar refractivity (Wildman–Crippen MR) is 120 cm³/mol. The summed E-state index contributed by atoms with van der Waals surface area (Å²) in [7, 11) is 3.91. The van der Waals surface area contributed by atoms with E-state index in [0.717, 1.165) is 21.9 Å². The van der Waals surface area contributed by atoms with Gasteiger partial charge in [0.25, 0.3) is 0 Å². The quantitative estimate of drug-likeness (QED) is 0.720. The number of thioether (sulfide) groups is 1. The fraction of sp³-hybridized carbons (Fsp3) is 0.364. The minimum Gasteiger partial charge on any atom is -0.354 e. The van der Waals surface area contributed by atoms with E-state index in [0.29, 0.717) is 18.1 Å². The average molecular weight is 432 g/mol. The zero-order valence-corrected chi connectivity index (χ0v) is 18.3. The first-order chi connectivity index (χ1) is 14.0. The van der Waals surface area contributed by atoms with Gasteiger partial charge >= 0.3 is 0 Å². The number of fused-ring (bicyclic) bond motifs is 1. The van der Waals surface area contributed by atoms with Crippen LogP contribution in [0.5, 0.6) is 0 Å². The Hall–Kier alpha value is -2.02. The molecule has 0 saturated heterocycles. The second kappa shape index (κ2) is 10.1. The smallest absolute Gasteiger partial charge is 0.227 e. The summed E-state index contributed by atoms with van der Waals surface area (Å²) in [5, 5.41) is 3.63. The van der Waals surface area contributed by atoms with Gasteiger partial charge in [0, 0.05) is 41.6 Å². The molecule has 0 saturated carbocycles. The van der Waals surface area contributed by atoms with Crippen LogP contribution in [0.25, 0.3) is 0 Å². The van der Waals surface area contributed by atoms with Crippen molar-refractivity contribution < 1.29 is 9.59 Å². The Balaban J connectivity index is 1.53. The molecule has 1 heterocycles. The van der Waals surface area contributed by atoms with Crippen molar-refractivity contribution in [2.75, 3.05) is 37.8 Å². The molecular weight excluding hydrogens is 406 g/mol. The normalized spacial score (nSPS) is 14.4. The first-order valence-electron chi connectivity index (χ1n) is 9.67. The monoisotopic (exact) mass is 431 g/mol. The van der Waals surface area contributed by atoms with Crippen LogP contribution in [0.1, 0.15) is 24.4 Å². The standard InChI is InChI=1S/C22H26ClN3O2S/c1-25(2)19(16-7-3-4-8-17(16)23)15-24-21(27)11-12-22(28)26-13-14-29-20-10-6-5-9-18(20)26/h3-10,19H,11-15H2,1-2H3,(H,24,27). The van der Waals surface area contributed by atoms with Crippen molar-refractivity contribution in [2.24, 2.45) is 0 Å². The lowest BCUT2D eigenvalue weighted by Gasteiger charge is -2.29. The predicted octanol–water partition coefficient (Wildman–Crippen LogP) is 3.98. The molecule has 0 aliphatic carbocycles. The molecule has 2 aromatic carbocycles. The lowest BCUT2D eigenvalue weighted by Crippen LogP contribution is -2.37. The van der Waals surface area contributed by atoms with Crippen LogP contribution in [0.15, 0.2) is 53.4 Å². The van der Waals surface area contributed by atoms with Crippen molar-refractivity contribution in [3.8, 4) is 0 Å². The van der Waals surface area contributed by atoms with Crippen LogP contribution in [0.3, 0.4) is 0 Å². The van der Waals surface area contributed by atoms with Gasteiger partial charge in [-0.25, -0.2) is 0 Å². The summed E-state index contributed by atoms with van der Waals surface area (Å²) >= 11 is 8.08. The van der Waals surface area contributed by atoms with Crippen LogP contribution >= 0.6 is 23.4 Å². The number of nitrogens with zero attached hydrogens (tertiary/aromatic N) is 2. The minimum atomic E-state index is -0.128. The number of benzene rings is 2. The second-order valence-corrected chi connectivity index (χ2v) is 8.71. The Morgan fingerprint density at radius 1 is 1.14 bits per heavy atom. The fourth-order valence-corrected chi connectivity index (χ4v) is 4.66. The molecule has 5 nitrogen and oxygen atoms in total. The van der Waals surface area contributed by atoms with E-state index in [-0.39, 0.29) is 30.7 Å². The Kier molecular flexibility index (Phi) is 7.58. The van der Waals surface area contributed by atoms with E-state index >= 15 is 0 Å². The lowest BCUT2D eigenvalue weighted by atomic mass is 10.1. The maximum atomic E-state index is 12.7. The summed E-state index contributed by atoms with van der Waals surface area (Å²) in [4.78, 5) is 30.0. The van der Waals surface area contributed by atoms with Crippen LogP contribution in [-0.4, -0.2) is 49.7 Å². The molecule has 1 atom stereocenters. The summed E-state index contributed by atoms with van der Waals surface area (Å²) in [6, 6.07) is 15.5. The molecule has 3 rings (SSSR count). The molecule has 1 aliphatic heterocycles. The van der Waals surface area contributed by atoms with Gasteiger partial charge in [-0.2, -0.15) is 0 Å². The van der Waals surface area contributed by atoms with Crippen LogP contribution in [0.4, 0.5) is 5.69 Å². The lowest BCUT2D eigenvalue weighted by molar-refractivity contribution is -0.125. The van der Waals surface area contributed by atoms with Gasteiger partial charge in [-0.15, -0.1) is 11.8 Å². The molecule has 154 valence electrons. The zero-order valence-electron chi connectivity index (χ0n) is 16.7. The Morgan fingerprint density at radius 2 is 1.86 bits per heavy atom. The van der Waals surface area contributed by atoms with Gasteiger partial charge in [-0.3, -0.25) is 9.59 Å². The Labute approximate surface area is 181 Å². The van der Waals surface area contributed by atoms with Gasteiger partial charge in [0.05, 0.1) is 11.7 Å². The number of likely N-dealkylation sites (N-methyl/N-ethyl adjacent to an activating group) is 1. The molecule has 2 aromatic rings. The highest BCUT2D eigenvalue weighted by molar-refractivity contribution is 7.99. The molecule has 0 bridgehead atoms. The minimum absolute atomic E-state index is 0.0110. The molecule has 0 fully saturated rings. The van der Waals surface area contributed by atoms with Crippen molar-refractivity contribution >= 4 is 40.9 Å². The highest BCUT2D eigenvalue weighted by Gasteiger charge is 2.23. The van der Waals surface area contributed by atoms with Crippen LogP contribution in [0, 0.1) is 0 Å². The molecule has 0 radical (unpaired) electrons. The third-order valence-corrected chi connectivity index (χ3v) is 6.36. The first kappa shape index (κ1) is 21.7. The zero-order chi connectivity index (χ0) is 20.8. The number of carbonyl (C=O) groups is 2. The van der Waals surface area contributed by atoms with E-state index in [4.69, 9.17) is 11.6 Å². The summed E-state index contributed by atoms with van der Waals surface area (Å²) in [5.41, 5.74) is 1.92. The molecule has 2 amide bonds. The van der Waals surface area contributed by atoms with Crippen LogP contribution < -0.4 is 10.2 Å². The molecule has 0 aromatic heterocycles. The fourth-order valence-electron chi connectivity index (χ4n) is 3.40. The first-order valence-corrected chi connectivity index (χ1v) is 11.0. The van der Waals surface area contributed by atoms with E-state index < -0.39 is 0 Å². The maximum Gasteiger partial charge on any atom is 0.227 e. The van der Waals surface area contributed by atoms with E-state index in [1.165, 1.54) is 0 Å². The molecule has 1 N–H and O–H groups in total. The van der Waals surface area contributed by atoms with Crippen molar-refractivity contribution in [2.45, 2.75) is 23.8 Å². The van der Waals surface area contributed by atoms with Gasteiger partial charge in [0.1, 0.15) is 0 Å². The third kappa shape index (κ3) is 5.53. The average Bonchev–Trinajstić information content (AvgIpc) is 2.72. The number of hydrogen-bond acceptors (Lipinski definition) is 4. The molecule has 29 heavy (non-hydrogen) atoms. The number of carbonyl (C=O) groups excluding carboxylic acids is 2. The molecule has 7 heteroatoms. The number of anilines is 1. The van der Waals surface area contributed by atoms with E-state index in [2.05, 4.69) is 5.32 Å². The third-order valence-electron chi connectivity index (χ3n) is 4.98. The number of amides is 2. The Morgan fingerprint density at radius 3 is 2.62 bits per heavy atom. The number of para-hydroxylation sites is 1. The van der Waals surface area contributed by atoms with E-state index in [1.54, 1.807) is 16.7 Å². The number of hydrogen-bond donors (Lipinski definition) is 1. The molecule has 1 aliphatic rings. The highest BCUT2D eigenvalue weighted by Crippen LogP contribution is 2.34. The Bertz CT molecular complexity index is 875. The second-order valence-electron chi connectivity index (χ2n) is 7.17. The van der Waals surface area contributed by atoms with Crippen molar-refractivity contribution in [3.63, 3.8) is 0 Å². The van der Waals surface area contributed by atoms with E-state index in [9.17, 15) is 9.59 Å². The SMILES string of the molecule is CN(C)C(CNC(=O)CCC(=O)N1CCSc2ccccc21)c1ccccc1Cl. The number of nitrogens with one attached hydrogen (secondary N) is 1. The van der Waals surface area contributed by atoms with Crippen LogP contribution in [-0.2, 0) is 9.59 Å². The van der Waals surface area contributed by atoms with Gasteiger partial charge in [0.2, 0.25) is 11.8 Å². The van der Waals surface area contributed by atoms with Gasteiger partial charge < -0.3 is 15.1 Å². The largest absolute Gasteiger partial charge is 0.354 e. The number of halogens is 1. The summed E-state index contributed by atoms with van der Waals surface area (Å²) < 4.78 is 0. The summed E-state index contributed by atoms with van der Waals surface area (Å²) in [5.74, 6) is 0.734. The van der Waals surface area contributed by atoms with E-state index in [1.807, 2.05) is 67.5 Å². The number of rotatable bonds is 7. The van der Waals surface area contributed by atoms with Crippen LogP contribution in [0.2, 0.25) is 5.02 Å². The van der Waals surface area contributed by atoms with Crippen molar-refractivity contribution in [1.29, 1.82) is 0 Å². The summed E-state index contributed by atoms with van der Waals surface area (Å²) in [6.07, 6.45) is 0.372. The van der Waals surface area contributed by atoms with Gasteiger partial charge in [0.15, 0.2) is 0 Å². The highest BCUT2D eigenvalue weighted by atomic mass is 35.5. The van der Waals surface area contributed by atoms with Gasteiger partial charge in [-0.1, -0.05) is 41.9 Å². The van der Waals surface area contributed by atoms with Crippen molar-refractivity contribution in [1.82, 2.24) is 10.2 Å². The topological polar surface area (TPSA) is 52.7 Å². The molecule has 0 spiro atoms. The summed E-state index contributed by atoms with van der Waals surface area (Å²) in [6.45, 7) is 1.12. The maximum absolute atomic E-state index is 12.7. The van der Waals surface area contributed by atoms with Gasteiger partial charge in [-0.05, 0) is 37.9 Å².